The molecular formula is C27H24F3N3O3. The standard InChI is InChI=1S/C27H24F3N3O3/c1-4-17(2)36-24-19(10-8-14-23(24)35-3)16-31-33-25(18-9-7-11-20(15-18)27(28,29)30)32-22-13-6-5-12-21(22)26(33)34/h5-17H,4H2,1-3H3/t17-/m0/s1. The van der Waals surface area contributed by atoms with Gasteiger partial charge in [-0.1, -0.05) is 37.3 Å². The quantitative estimate of drug-likeness (QED) is 0.289. The summed E-state index contributed by atoms with van der Waals surface area (Å²) in [6.07, 6.45) is -2.50. The van der Waals surface area contributed by atoms with Crippen LogP contribution in [0.15, 0.2) is 76.6 Å². The lowest BCUT2D eigenvalue weighted by molar-refractivity contribution is -0.137. The van der Waals surface area contributed by atoms with E-state index in [-0.39, 0.29) is 22.9 Å². The summed E-state index contributed by atoms with van der Waals surface area (Å²) in [6, 6.07) is 16.5. The second kappa shape index (κ2) is 10.2. The Morgan fingerprint density at radius 2 is 1.83 bits per heavy atom. The highest BCUT2D eigenvalue weighted by Gasteiger charge is 2.31. The fourth-order valence-electron chi connectivity index (χ4n) is 3.58. The van der Waals surface area contributed by atoms with Gasteiger partial charge in [0.25, 0.3) is 5.56 Å². The SMILES string of the molecule is CC[C@H](C)Oc1c(C=Nn2c(-c3cccc(C(F)(F)F)c3)nc3ccccc3c2=O)cccc1OC. The Bertz CT molecular complexity index is 1480. The Morgan fingerprint density at radius 3 is 2.56 bits per heavy atom. The van der Waals surface area contributed by atoms with Crippen LogP contribution in [-0.4, -0.2) is 29.1 Å². The minimum atomic E-state index is -4.55. The number of para-hydroxylation sites is 2. The van der Waals surface area contributed by atoms with Crippen LogP contribution in [0.25, 0.3) is 22.3 Å². The summed E-state index contributed by atoms with van der Waals surface area (Å²) in [5.74, 6) is 0.912. The fourth-order valence-corrected chi connectivity index (χ4v) is 3.58. The molecule has 1 atom stereocenters. The molecule has 4 aromatic rings. The summed E-state index contributed by atoms with van der Waals surface area (Å²) < 4.78 is 52.6. The van der Waals surface area contributed by atoms with Crippen molar-refractivity contribution in [2.45, 2.75) is 32.5 Å². The maximum absolute atomic E-state index is 13.4. The van der Waals surface area contributed by atoms with Gasteiger partial charge in [0.2, 0.25) is 0 Å². The lowest BCUT2D eigenvalue weighted by Gasteiger charge is -2.17. The predicted molar refractivity (Wildman–Crippen MR) is 133 cm³/mol. The first-order valence-corrected chi connectivity index (χ1v) is 11.3. The van der Waals surface area contributed by atoms with E-state index in [0.29, 0.717) is 22.6 Å². The summed E-state index contributed by atoms with van der Waals surface area (Å²) >= 11 is 0. The molecule has 0 radical (unpaired) electrons. The molecule has 186 valence electrons. The molecule has 0 N–H and O–H groups in total. The third-order valence-corrected chi connectivity index (χ3v) is 5.64. The number of hydrogen-bond donors (Lipinski definition) is 0. The van der Waals surface area contributed by atoms with Crippen molar-refractivity contribution >= 4 is 17.1 Å². The number of aromatic nitrogens is 2. The van der Waals surface area contributed by atoms with Crippen molar-refractivity contribution in [1.29, 1.82) is 0 Å². The summed E-state index contributed by atoms with van der Waals surface area (Å²) in [6.45, 7) is 3.90. The van der Waals surface area contributed by atoms with Gasteiger partial charge in [0.05, 0.1) is 35.9 Å². The van der Waals surface area contributed by atoms with Crippen LogP contribution in [0, 0.1) is 0 Å². The van der Waals surface area contributed by atoms with Crippen LogP contribution >= 0.6 is 0 Å². The number of alkyl halides is 3. The summed E-state index contributed by atoms with van der Waals surface area (Å²) in [7, 11) is 1.52. The molecular weight excluding hydrogens is 471 g/mol. The van der Waals surface area contributed by atoms with E-state index in [0.717, 1.165) is 23.2 Å². The minimum absolute atomic E-state index is 0.0201. The molecule has 0 spiro atoms. The van der Waals surface area contributed by atoms with E-state index in [9.17, 15) is 18.0 Å². The average Bonchev–Trinajstić information content (AvgIpc) is 2.88. The Labute approximate surface area is 205 Å². The number of ether oxygens (including phenoxy) is 2. The smallest absolute Gasteiger partial charge is 0.416 e. The van der Waals surface area contributed by atoms with Crippen LogP contribution in [0.2, 0.25) is 0 Å². The van der Waals surface area contributed by atoms with Gasteiger partial charge in [0.15, 0.2) is 17.3 Å². The lowest BCUT2D eigenvalue weighted by Crippen LogP contribution is -2.20. The second-order valence-electron chi connectivity index (χ2n) is 8.11. The van der Waals surface area contributed by atoms with Crippen molar-refractivity contribution < 1.29 is 22.6 Å². The number of methoxy groups -OCH3 is 1. The molecule has 36 heavy (non-hydrogen) atoms. The zero-order valence-electron chi connectivity index (χ0n) is 19.9. The normalized spacial score (nSPS) is 12.7. The monoisotopic (exact) mass is 495 g/mol. The molecule has 0 amide bonds. The molecule has 0 unspecified atom stereocenters. The molecule has 1 heterocycles. The van der Waals surface area contributed by atoms with Crippen molar-refractivity contribution in [1.82, 2.24) is 9.66 Å². The molecule has 0 fully saturated rings. The van der Waals surface area contributed by atoms with Crippen molar-refractivity contribution in [3.8, 4) is 22.9 Å². The fraction of sp³-hybridized carbons (Fsp3) is 0.222. The van der Waals surface area contributed by atoms with Gasteiger partial charge in [0.1, 0.15) is 0 Å². The van der Waals surface area contributed by atoms with Crippen LogP contribution in [0.3, 0.4) is 0 Å². The first kappa shape index (κ1) is 25.0. The number of benzene rings is 3. The lowest BCUT2D eigenvalue weighted by atomic mass is 10.1. The van der Waals surface area contributed by atoms with E-state index in [4.69, 9.17) is 9.47 Å². The van der Waals surface area contributed by atoms with Crippen LogP contribution in [0.1, 0.15) is 31.4 Å². The number of nitrogens with zero attached hydrogens (tertiary/aromatic N) is 3. The van der Waals surface area contributed by atoms with E-state index >= 15 is 0 Å². The topological polar surface area (TPSA) is 65.7 Å². The summed E-state index contributed by atoms with van der Waals surface area (Å²) in [4.78, 5) is 17.9. The number of rotatable bonds is 7. The third-order valence-electron chi connectivity index (χ3n) is 5.64. The maximum atomic E-state index is 13.4. The average molecular weight is 496 g/mol. The summed E-state index contributed by atoms with van der Waals surface area (Å²) in [5, 5.41) is 4.65. The molecule has 0 saturated carbocycles. The molecule has 3 aromatic carbocycles. The highest BCUT2D eigenvalue weighted by atomic mass is 19.4. The Balaban J connectivity index is 1.91. The molecule has 0 aliphatic heterocycles. The first-order valence-electron chi connectivity index (χ1n) is 11.3. The minimum Gasteiger partial charge on any atom is -0.493 e. The maximum Gasteiger partial charge on any atom is 0.416 e. The zero-order valence-corrected chi connectivity index (χ0v) is 19.9. The van der Waals surface area contributed by atoms with E-state index in [1.165, 1.54) is 25.5 Å². The van der Waals surface area contributed by atoms with Gasteiger partial charge in [0, 0.05) is 11.1 Å². The van der Waals surface area contributed by atoms with Crippen molar-refractivity contribution in [2.75, 3.05) is 7.11 Å². The molecule has 0 aliphatic rings. The van der Waals surface area contributed by atoms with Gasteiger partial charge in [-0.05, 0) is 49.7 Å². The molecule has 4 rings (SSSR count). The molecule has 0 bridgehead atoms. The number of halogens is 3. The first-order chi connectivity index (χ1) is 17.2. The van der Waals surface area contributed by atoms with Gasteiger partial charge < -0.3 is 9.47 Å². The van der Waals surface area contributed by atoms with Crippen LogP contribution in [-0.2, 0) is 6.18 Å². The predicted octanol–water partition coefficient (Wildman–Crippen LogP) is 6.15. The zero-order chi connectivity index (χ0) is 25.9. The van der Waals surface area contributed by atoms with Crippen LogP contribution in [0.4, 0.5) is 13.2 Å². The van der Waals surface area contributed by atoms with E-state index < -0.39 is 17.3 Å². The molecule has 6 nitrogen and oxygen atoms in total. The van der Waals surface area contributed by atoms with Gasteiger partial charge in [-0.25, -0.2) is 4.98 Å². The van der Waals surface area contributed by atoms with Gasteiger partial charge >= 0.3 is 6.18 Å². The van der Waals surface area contributed by atoms with E-state index in [2.05, 4.69) is 10.1 Å². The number of hydrogen-bond acceptors (Lipinski definition) is 5. The van der Waals surface area contributed by atoms with Crippen molar-refractivity contribution in [3.05, 3.63) is 88.2 Å². The van der Waals surface area contributed by atoms with Gasteiger partial charge in [-0.15, -0.1) is 0 Å². The number of fused-ring (bicyclic) bond motifs is 1. The Hall–Kier alpha value is -4.14. The summed E-state index contributed by atoms with van der Waals surface area (Å²) in [5.41, 5.74) is -0.383. The Morgan fingerprint density at radius 1 is 1.08 bits per heavy atom. The van der Waals surface area contributed by atoms with E-state index in [1.807, 2.05) is 13.8 Å². The molecule has 9 heteroatoms. The second-order valence-corrected chi connectivity index (χ2v) is 8.11. The highest BCUT2D eigenvalue weighted by molar-refractivity contribution is 5.86. The van der Waals surface area contributed by atoms with Gasteiger partial charge in [-0.3, -0.25) is 4.79 Å². The third kappa shape index (κ3) is 5.10. The molecule has 0 aliphatic carbocycles. The molecule has 0 saturated heterocycles. The largest absolute Gasteiger partial charge is 0.493 e. The van der Waals surface area contributed by atoms with Crippen LogP contribution in [0.5, 0.6) is 11.5 Å². The Kier molecular flexibility index (Phi) is 7.10. The highest BCUT2D eigenvalue weighted by Crippen LogP contribution is 2.33. The van der Waals surface area contributed by atoms with E-state index in [1.54, 1.807) is 42.5 Å². The van der Waals surface area contributed by atoms with Crippen molar-refractivity contribution in [2.24, 2.45) is 5.10 Å². The molecule has 1 aromatic heterocycles. The van der Waals surface area contributed by atoms with Crippen molar-refractivity contribution in [3.63, 3.8) is 0 Å². The van der Waals surface area contributed by atoms with Gasteiger partial charge in [-0.2, -0.15) is 22.9 Å². The van der Waals surface area contributed by atoms with Crippen LogP contribution < -0.4 is 15.0 Å².